The van der Waals surface area contributed by atoms with E-state index >= 15 is 0 Å². The van der Waals surface area contributed by atoms with Crippen LogP contribution >= 0.6 is 11.3 Å². The van der Waals surface area contributed by atoms with Crippen LogP contribution in [0.5, 0.6) is 0 Å². The van der Waals surface area contributed by atoms with Gasteiger partial charge in [0.15, 0.2) is 0 Å². The van der Waals surface area contributed by atoms with Gasteiger partial charge in [-0.25, -0.2) is 9.18 Å². The third-order valence-electron chi connectivity index (χ3n) is 4.35. The standard InChI is InChI=1S/C18H21FN2O2S/c1-18(23,14-8-9-24-10-14)11-20-17(22)21-16(12-2-3-12)13-4-6-15(19)7-5-13/h4-10,12,16,23H,2-3,11H2,1H3,(H2,20,21,22). The number of carbonyl (C=O) groups is 1. The van der Waals surface area contributed by atoms with Crippen LogP contribution < -0.4 is 10.6 Å². The number of rotatable bonds is 6. The van der Waals surface area contributed by atoms with Gasteiger partial charge in [-0.05, 0) is 65.8 Å². The number of thiophene rings is 1. The quantitative estimate of drug-likeness (QED) is 0.748. The third-order valence-corrected chi connectivity index (χ3v) is 5.03. The Morgan fingerprint density at radius 1 is 1.38 bits per heavy atom. The number of urea groups is 1. The van der Waals surface area contributed by atoms with Gasteiger partial charge >= 0.3 is 6.03 Å². The lowest BCUT2D eigenvalue weighted by Crippen LogP contribution is -2.44. The Morgan fingerprint density at radius 2 is 2.08 bits per heavy atom. The van der Waals surface area contributed by atoms with Gasteiger partial charge in [0, 0.05) is 0 Å². The molecular formula is C18H21FN2O2S. The van der Waals surface area contributed by atoms with Crippen molar-refractivity contribution in [1.29, 1.82) is 0 Å². The van der Waals surface area contributed by atoms with Crippen LogP contribution in [0.2, 0.25) is 0 Å². The molecule has 2 aromatic rings. The fourth-order valence-corrected chi connectivity index (χ4v) is 3.47. The van der Waals surface area contributed by atoms with Gasteiger partial charge in [0.1, 0.15) is 11.4 Å². The summed E-state index contributed by atoms with van der Waals surface area (Å²) in [5, 5.41) is 19.9. The van der Waals surface area contributed by atoms with Crippen LogP contribution in [-0.2, 0) is 5.60 Å². The van der Waals surface area contributed by atoms with E-state index in [1.165, 1.54) is 23.5 Å². The molecule has 0 bridgehead atoms. The molecule has 2 atom stereocenters. The van der Waals surface area contributed by atoms with E-state index < -0.39 is 5.60 Å². The lowest BCUT2D eigenvalue weighted by atomic mass is 9.99. The van der Waals surface area contributed by atoms with E-state index in [-0.39, 0.29) is 24.4 Å². The normalized spacial score (nSPS) is 17.8. The average Bonchev–Trinajstić information content (AvgIpc) is 3.24. The zero-order valence-electron chi connectivity index (χ0n) is 13.5. The second kappa shape index (κ2) is 6.91. The molecule has 128 valence electrons. The van der Waals surface area contributed by atoms with Crippen LogP contribution in [0.25, 0.3) is 0 Å². The van der Waals surface area contributed by atoms with Crippen LogP contribution in [-0.4, -0.2) is 17.7 Å². The van der Waals surface area contributed by atoms with Crippen molar-refractivity contribution in [2.45, 2.75) is 31.4 Å². The first-order chi connectivity index (χ1) is 11.5. The summed E-state index contributed by atoms with van der Waals surface area (Å²) in [6.07, 6.45) is 2.10. The van der Waals surface area contributed by atoms with Crippen molar-refractivity contribution in [2.75, 3.05) is 6.54 Å². The SMILES string of the molecule is CC(O)(CNC(=O)NC(c1ccc(F)cc1)C1CC1)c1ccsc1. The summed E-state index contributed by atoms with van der Waals surface area (Å²) in [6, 6.07) is 7.62. The maximum atomic E-state index is 13.1. The molecule has 6 heteroatoms. The van der Waals surface area contributed by atoms with E-state index in [0.717, 1.165) is 24.0 Å². The summed E-state index contributed by atoms with van der Waals surface area (Å²) in [4.78, 5) is 12.2. The summed E-state index contributed by atoms with van der Waals surface area (Å²) in [5.41, 5.74) is 0.575. The van der Waals surface area contributed by atoms with Crippen LogP contribution in [0.15, 0.2) is 41.1 Å². The molecule has 1 fully saturated rings. The Hall–Kier alpha value is -1.92. The van der Waals surface area contributed by atoms with Gasteiger partial charge in [0.25, 0.3) is 0 Å². The predicted molar refractivity (Wildman–Crippen MR) is 92.3 cm³/mol. The van der Waals surface area contributed by atoms with Crippen LogP contribution in [0.4, 0.5) is 9.18 Å². The monoisotopic (exact) mass is 348 g/mol. The van der Waals surface area contributed by atoms with Crippen LogP contribution in [0, 0.1) is 11.7 Å². The lowest BCUT2D eigenvalue weighted by Gasteiger charge is -2.24. The first-order valence-electron chi connectivity index (χ1n) is 8.00. The Labute approximate surface area is 144 Å². The van der Waals surface area contributed by atoms with E-state index in [1.54, 1.807) is 19.1 Å². The van der Waals surface area contributed by atoms with Gasteiger partial charge in [-0.1, -0.05) is 12.1 Å². The maximum Gasteiger partial charge on any atom is 0.315 e. The molecule has 1 heterocycles. The molecule has 3 rings (SSSR count). The first-order valence-corrected chi connectivity index (χ1v) is 8.95. The fourth-order valence-electron chi connectivity index (χ4n) is 2.69. The van der Waals surface area contributed by atoms with Crippen molar-refractivity contribution >= 4 is 17.4 Å². The van der Waals surface area contributed by atoms with Crippen molar-refractivity contribution in [3.05, 3.63) is 58.0 Å². The number of carbonyl (C=O) groups excluding carboxylic acids is 1. The smallest absolute Gasteiger partial charge is 0.315 e. The highest BCUT2D eigenvalue weighted by Gasteiger charge is 2.34. The van der Waals surface area contributed by atoms with Gasteiger partial charge in [-0.15, -0.1) is 0 Å². The summed E-state index contributed by atoms with van der Waals surface area (Å²) in [6.45, 7) is 1.80. The molecule has 1 aliphatic rings. The molecule has 2 unspecified atom stereocenters. The molecule has 4 nitrogen and oxygen atoms in total. The minimum atomic E-state index is -1.11. The van der Waals surface area contributed by atoms with Gasteiger partial charge in [0.05, 0.1) is 12.6 Å². The molecule has 0 saturated heterocycles. The Morgan fingerprint density at radius 3 is 2.67 bits per heavy atom. The molecule has 3 N–H and O–H groups in total. The summed E-state index contributed by atoms with van der Waals surface area (Å²) in [5.74, 6) is 0.100. The van der Waals surface area contributed by atoms with Crippen LogP contribution in [0.1, 0.15) is 36.9 Å². The summed E-state index contributed by atoms with van der Waals surface area (Å²) in [7, 11) is 0. The van der Waals surface area contributed by atoms with Crippen molar-refractivity contribution in [1.82, 2.24) is 10.6 Å². The highest BCUT2D eigenvalue weighted by Crippen LogP contribution is 2.41. The topological polar surface area (TPSA) is 61.4 Å². The molecule has 1 aromatic heterocycles. The van der Waals surface area contributed by atoms with Gasteiger partial charge in [-0.2, -0.15) is 11.3 Å². The minimum absolute atomic E-state index is 0.121. The number of halogens is 1. The number of amides is 2. The predicted octanol–water partition coefficient (Wildman–Crippen LogP) is 3.55. The molecule has 1 aliphatic carbocycles. The van der Waals surface area contributed by atoms with E-state index in [1.807, 2.05) is 16.8 Å². The van der Waals surface area contributed by atoms with Gasteiger partial charge in [-0.3, -0.25) is 0 Å². The second-order valence-corrected chi connectivity index (χ2v) is 7.26. The molecule has 0 radical (unpaired) electrons. The highest BCUT2D eigenvalue weighted by atomic mass is 32.1. The van der Waals surface area contributed by atoms with E-state index in [0.29, 0.717) is 5.92 Å². The second-order valence-electron chi connectivity index (χ2n) is 6.48. The van der Waals surface area contributed by atoms with Gasteiger partial charge in [0.2, 0.25) is 0 Å². The summed E-state index contributed by atoms with van der Waals surface area (Å²) < 4.78 is 13.1. The summed E-state index contributed by atoms with van der Waals surface area (Å²) >= 11 is 1.50. The maximum absolute atomic E-state index is 13.1. The van der Waals surface area contributed by atoms with Gasteiger partial charge < -0.3 is 15.7 Å². The molecule has 2 amide bonds. The number of hydrogen-bond acceptors (Lipinski definition) is 3. The molecule has 1 aromatic carbocycles. The lowest BCUT2D eigenvalue weighted by molar-refractivity contribution is 0.0596. The minimum Gasteiger partial charge on any atom is -0.384 e. The van der Waals surface area contributed by atoms with Crippen molar-refractivity contribution in [3.8, 4) is 0 Å². The molecule has 24 heavy (non-hydrogen) atoms. The zero-order valence-corrected chi connectivity index (χ0v) is 14.3. The van der Waals surface area contributed by atoms with E-state index in [4.69, 9.17) is 0 Å². The fraction of sp³-hybridized carbons (Fsp3) is 0.389. The van der Waals surface area contributed by atoms with E-state index in [9.17, 15) is 14.3 Å². The van der Waals surface area contributed by atoms with Crippen LogP contribution in [0.3, 0.4) is 0 Å². The number of nitrogens with one attached hydrogen (secondary N) is 2. The Bertz CT molecular complexity index is 682. The van der Waals surface area contributed by atoms with Crippen molar-refractivity contribution in [3.63, 3.8) is 0 Å². The average molecular weight is 348 g/mol. The van der Waals surface area contributed by atoms with E-state index in [2.05, 4.69) is 10.6 Å². The first kappa shape index (κ1) is 16.9. The Kier molecular flexibility index (Phi) is 4.87. The highest BCUT2D eigenvalue weighted by molar-refractivity contribution is 7.08. The number of aliphatic hydroxyl groups is 1. The van der Waals surface area contributed by atoms with Crippen molar-refractivity contribution in [2.24, 2.45) is 5.92 Å². The van der Waals surface area contributed by atoms with Crippen molar-refractivity contribution < 1.29 is 14.3 Å². The Balaban J connectivity index is 1.59. The molecular weight excluding hydrogens is 327 g/mol. The zero-order chi connectivity index (χ0) is 17.2. The largest absolute Gasteiger partial charge is 0.384 e. The molecule has 0 aliphatic heterocycles. The number of hydrogen-bond donors (Lipinski definition) is 3. The molecule has 1 saturated carbocycles. The third kappa shape index (κ3) is 4.13. The molecule has 0 spiro atoms. The number of benzene rings is 1.